The predicted octanol–water partition coefficient (Wildman–Crippen LogP) is 2.26. The summed E-state index contributed by atoms with van der Waals surface area (Å²) >= 11 is 6.72. The number of rotatable bonds is 2. The van der Waals surface area contributed by atoms with Gasteiger partial charge in [0.15, 0.2) is 5.84 Å². The van der Waals surface area contributed by atoms with Crippen molar-refractivity contribution in [1.29, 1.82) is 0 Å². The second-order valence-corrected chi connectivity index (χ2v) is 5.14. The number of hydrogen-bond donors (Lipinski definition) is 1. The number of nitrogens with one attached hydrogen (secondary N) is 1. The summed E-state index contributed by atoms with van der Waals surface area (Å²) in [6.45, 7) is 1.93. The molecule has 0 aromatic carbocycles. The summed E-state index contributed by atoms with van der Waals surface area (Å²) in [5.41, 5.74) is 0.660. The van der Waals surface area contributed by atoms with E-state index in [1.165, 1.54) is 0 Å². The van der Waals surface area contributed by atoms with Crippen molar-refractivity contribution in [3.05, 3.63) is 26.9 Å². The molecule has 0 fully saturated rings. The molecule has 1 aliphatic rings. The standard InChI is InChI=1S/C10H9Br2N3O/c1-2-7-10(16)15-9(14-7)8-6(12)3-5(11)4-13-8/h3-4,7H,2H2,1H3,(H,14,15,16). The minimum atomic E-state index is -0.285. The van der Waals surface area contributed by atoms with Crippen molar-refractivity contribution in [2.45, 2.75) is 19.4 Å². The molecule has 2 heterocycles. The van der Waals surface area contributed by atoms with Crippen LogP contribution in [0, 0.1) is 0 Å². The summed E-state index contributed by atoms with van der Waals surface area (Å²) in [5, 5.41) is 2.73. The van der Waals surface area contributed by atoms with Gasteiger partial charge in [-0.25, -0.2) is 0 Å². The van der Waals surface area contributed by atoms with Crippen LogP contribution < -0.4 is 5.32 Å². The maximum absolute atomic E-state index is 11.5. The summed E-state index contributed by atoms with van der Waals surface area (Å²) < 4.78 is 1.68. The number of pyridine rings is 1. The summed E-state index contributed by atoms with van der Waals surface area (Å²) in [6.07, 6.45) is 2.37. The maximum atomic E-state index is 11.5. The highest BCUT2D eigenvalue weighted by Gasteiger charge is 2.26. The Morgan fingerprint density at radius 1 is 1.50 bits per heavy atom. The SMILES string of the molecule is CCC1N=C(c2ncc(Br)cc2Br)NC1=O. The van der Waals surface area contributed by atoms with Gasteiger partial charge in [0.2, 0.25) is 5.91 Å². The molecule has 2 rings (SSSR count). The number of halogens is 2. The van der Waals surface area contributed by atoms with Crippen LogP contribution in [0.25, 0.3) is 0 Å². The van der Waals surface area contributed by atoms with Crippen molar-refractivity contribution in [2.24, 2.45) is 4.99 Å². The highest BCUT2D eigenvalue weighted by Crippen LogP contribution is 2.21. The molecule has 0 bridgehead atoms. The largest absolute Gasteiger partial charge is 0.307 e. The molecule has 16 heavy (non-hydrogen) atoms. The summed E-state index contributed by atoms with van der Waals surface area (Å²) in [6, 6.07) is 1.59. The molecule has 1 amide bonds. The first kappa shape index (κ1) is 11.7. The van der Waals surface area contributed by atoms with Crippen molar-refractivity contribution in [1.82, 2.24) is 10.3 Å². The zero-order valence-electron chi connectivity index (χ0n) is 8.50. The number of carbonyl (C=O) groups excluding carboxylic acids is 1. The van der Waals surface area contributed by atoms with Crippen molar-refractivity contribution in [3.63, 3.8) is 0 Å². The molecular formula is C10H9Br2N3O. The van der Waals surface area contributed by atoms with Crippen LogP contribution in [0.2, 0.25) is 0 Å². The van der Waals surface area contributed by atoms with Gasteiger partial charge in [0.25, 0.3) is 0 Å². The fourth-order valence-electron chi connectivity index (χ4n) is 1.43. The fraction of sp³-hybridized carbons (Fsp3) is 0.300. The van der Waals surface area contributed by atoms with E-state index in [2.05, 4.69) is 47.2 Å². The average molecular weight is 347 g/mol. The molecule has 0 saturated heterocycles. The second kappa shape index (κ2) is 4.63. The molecule has 4 nitrogen and oxygen atoms in total. The van der Waals surface area contributed by atoms with Gasteiger partial charge in [0, 0.05) is 15.1 Å². The molecule has 1 aliphatic heterocycles. The van der Waals surface area contributed by atoms with Crippen LogP contribution in [0.3, 0.4) is 0 Å². The summed E-state index contributed by atoms with van der Waals surface area (Å²) in [4.78, 5) is 20.0. The van der Waals surface area contributed by atoms with Gasteiger partial charge in [0.05, 0.1) is 0 Å². The molecule has 0 radical (unpaired) electrons. The van der Waals surface area contributed by atoms with Crippen LogP contribution >= 0.6 is 31.9 Å². The molecule has 84 valence electrons. The first-order valence-corrected chi connectivity index (χ1v) is 6.40. The fourth-order valence-corrected chi connectivity index (χ4v) is 2.61. The Bertz CT molecular complexity index is 473. The van der Waals surface area contributed by atoms with Gasteiger partial charge in [-0.1, -0.05) is 6.92 Å². The van der Waals surface area contributed by atoms with E-state index in [9.17, 15) is 4.79 Å². The Morgan fingerprint density at radius 3 is 2.81 bits per heavy atom. The number of aromatic nitrogens is 1. The van der Waals surface area contributed by atoms with Crippen molar-refractivity contribution >= 4 is 43.6 Å². The lowest BCUT2D eigenvalue weighted by Crippen LogP contribution is -2.29. The normalized spacial score (nSPS) is 19.6. The van der Waals surface area contributed by atoms with Gasteiger partial charge >= 0.3 is 0 Å². The minimum absolute atomic E-state index is 0.0610. The quantitative estimate of drug-likeness (QED) is 0.893. The zero-order chi connectivity index (χ0) is 11.7. The highest BCUT2D eigenvalue weighted by atomic mass is 79.9. The van der Waals surface area contributed by atoms with E-state index in [4.69, 9.17) is 0 Å². The lowest BCUT2D eigenvalue weighted by Gasteiger charge is -2.02. The predicted molar refractivity (Wildman–Crippen MR) is 68.4 cm³/mol. The molecule has 0 spiro atoms. The van der Waals surface area contributed by atoms with Gasteiger partial charge in [-0.3, -0.25) is 14.8 Å². The molecular weight excluding hydrogens is 338 g/mol. The number of hydrogen-bond acceptors (Lipinski definition) is 3. The number of nitrogens with zero attached hydrogens (tertiary/aromatic N) is 2. The third kappa shape index (κ3) is 2.17. The summed E-state index contributed by atoms with van der Waals surface area (Å²) in [7, 11) is 0. The molecule has 6 heteroatoms. The van der Waals surface area contributed by atoms with E-state index >= 15 is 0 Å². The van der Waals surface area contributed by atoms with E-state index < -0.39 is 0 Å². The third-order valence-electron chi connectivity index (χ3n) is 2.25. The van der Waals surface area contributed by atoms with Crippen molar-refractivity contribution < 1.29 is 4.79 Å². The lowest BCUT2D eigenvalue weighted by atomic mass is 10.2. The third-order valence-corrected chi connectivity index (χ3v) is 3.29. The van der Waals surface area contributed by atoms with Crippen molar-refractivity contribution in [3.8, 4) is 0 Å². The van der Waals surface area contributed by atoms with E-state index in [0.717, 1.165) is 8.95 Å². The number of aliphatic imine (C=N–C) groups is 1. The van der Waals surface area contributed by atoms with Crippen LogP contribution in [-0.2, 0) is 4.79 Å². The van der Waals surface area contributed by atoms with Gasteiger partial charge in [-0.15, -0.1) is 0 Å². The first-order valence-electron chi connectivity index (χ1n) is 4.82. The van der Waals surface area contributed by atoms with Gasteiger partial charge in [-0.05, 0) is 44.3 Å². The minimum Gasteiger partial charge on any atom is -0.307 e. The molecule has 1 N–H and O–H groups in total. The lowest BCUT2D eigenvalue weighted by molar-refractivity contribution is -0.120. The maximum Gasteiger partial charge on any atom is 0.250 e. The Hall–Kier alpha value is -0.750. The van der Waals surface area contributed by atoms with E-state index in [0.29, 0.717) is 18.0 Å². The smallest absolute Gasteiger partial charge is 0.250 e. The van der Waals surface area contributed by atoms with Gasteiger partial charge in [0.1, 0.15) is 11.7 Å². The Balaban J connectivity index is 2.36. The van der Waals surface area contributed by atoms with Crippen LogP contribution in [0.5, 0.6) is 0 Å². The van der Waals surface area contributed by atoms with Crippen LogP contribution in [0.1, 0.15) is 19.0 Å². The number of amides is 1. The van der Waals surface area contributed by atoms with E-state index in [-0.39, 0.29) is 11.9 Å². The summed E-state index contributed by atoms with van der Waals surface area (Å²) in [5.74, 6) is 0.477. The van der Waals surface area contributed by atoms with Crippen LogP contribution in [-0.4, -0.2) is 22.8 Å². The van der Waals surface area contributed by atoms with Gasteiger partial charge in [-0.2, -0.15) is 0 Å². The van der Waals surface area contributed by atoms with Crippen molar-refractivity contribution in [2.75, 3.05) is 0 Å². The zero-order valence-corrected chi connectivity index (χ0v) is 11.7. The molecule has 1 unspecified atom stereocenters. The number of amidine groups is 1. The monoisotopic (exact) mass is 345 g/mol. The van der Waals surface area contributed by atoms with Gasteiger partial charge < -0.3 is 5.32 Å². The highest BCUT2D eigenvalue weighted by molar-refractivity contribution is 9.11. The molecule has 0 saturated carbocycles. The number of carbonyl (C=O) groups is 1. The molecule has 0 aliphatic carbocycles. The average Bonchev–Trinajstić information content (AvgIpc) is 2.59. The molecule has 1 aromatic heterocycles. The Morgan fingerprint density at radius 2 is 2.25 bits per heavy atom. The molecule has 1 atom stereocenters. The Kier molecular flexibility index (Phi) is 3.39. The first-order chi connectivity index (χ1) is 7.61. The van der Waals surface area contributed by atoms with E-state index in [1.54, 1.807) is 6.20 Å². The van der Waals surface area contributed by atoms with E-state index in [1.807, 2.05) is 13.0 Å². The van der Waals surface area contributed by atoms with Crippen LogP contribution in [0.15, 0.2) is 26.2 Å². The second-order valence-electron chi connectivity index (χ2n) is 3.37. The Labute approximate surface area is 110 Å². The molecule has 1 aromatic rings. The topological polar surface area (TPSA) is 54.4 Å². The van der Waals surface area contributed by atoms with Crippen LogP contribution in [0.4, 0.5) is 0 Å².